The van der Waals surface area contributed by atoms with E-state index in [0.717, 1.165) is 13.0 Å². The third-order valence-electron chi connectivity index (χ3n) is 3.77. The van der Waals surface area contributed by atoms with Gasteiger partial charge in [0.25, 0.3) is 0 Å². The van der Waals surface area contributed by atoms with E-state index in [9.17, 15) is 9.59 Å². The van der Waals surface area contributed by atoms with E-state index in [0.29, 0.717) is 24.6 Å². The summed E-state index contributed by atoms with van der Waals surface area (Å²) >= 11 is 0. The molecule has 1 unspecified atom stereocenters. The molecule has 0 spiro atoms. The molecule has 1 saturated heterocycles. The molecule has 2 rings (SSSR count). The molecule has 1 aliphatic rings. The van der Waals surface area contributed by atoms with Crippen LogP contribution in [0.15, 0.2) is 29.5 Å². The Morgan fingerprint density at radius 2 is 2.29 bits per heavy atom. The van der Waals surface area contributed by atoms with Gasteiger partial charge < -0.3 is 20.9 Å². The summed E-state index contributed by atoms with van der Waals surface area (Å²) in [5.74, 6) is 0.533. The van der Waals surface area contributed by atoms with Gasteiger partial charge >= 0.3 is 0 Å². The first-order valence-electron chi connectivity index (χ1n) is 8.07. The smallest absolute Gasteiger partial charge is 0.243 e. The Hall–Kier alpha value is -2.64. The molecule has 8 heteroatoms. The third-order valence-corrected chi connectivity index (χ3v) is 3.77. The summed E-state index contributed by atoms with van der Waals surface area (Å²) in [6.07, 6.45) is 4.62. The van der Waals surface area contributed by atoms with Crippen LogP contribution < -0.4 is 16.0 Å². The standard InChI is InChI=1S/C16H24N6O2/c1-3-15(24)22-8-6-13(11-22)21-16(17-2)19-10-14(23)20-12-5-4-7-18-9-12/h4-5,7,9,13H,3,6,8,10-11H2,1-2H3,(H,20,23)(H2,17,19,21). The van der Waals surface area contributed by atoms with Crippen molar-refractivity contribution in [2.75, 3.05) is 32.0 Å². The van der Waals surface area contributed by atoms with Gasteiger partial charge in [-0.1, -0.05) is 6.92 Å². The largest absolute Gasteiger partial charge is 0.352 e. The van der Waals surface area contributed by atoms with Crippen LogP contribution >= 0.6 is 0 Å². The zero-order valence-electron chi connectivity index (χ0n) is 14.1. The number of carbonyl (C=O) groups is 2. The SMILES string of the molecule is CCC(=O)N1CCC(NC(=NC)NCC(=O)Nc2cccnc2)C1. The molecule has 1 aromatic heterocycles. The number of amides is 2. The topological polar surface area (TPSA) is 98.7 Å². The number of hydrogen-bond acceptors (Lipinski definition) is 4. The highest BCUT2D eigenvalue weighted by Gasteiger charge is 2.25. The summed E-state index contributed by atoms with van der Waals surface area (Å²) < 4.78 is 0. The number of aromatic nitrogens is 1. The Labute approximate surface area is 141 Å². The molecule has 1 aromatic rings. The summed E-state index contributed by atoms with van der Waals surface area (Å²) in [6, 6.07) is 3.68. The number of rotatable bonds is 5. The van der Waals surface area contributed by atoms with Crippen molar-refractivity contribution in [1.82, 2.24) is 20.5 Å². The summed E-state index contributed by atoms with van der Waals surface area (Å²) in [4.78, 5) is 33.5. The van der Waals surface area contributed by atoms with E-state index in [1.54, 1.807) is 31.6 Å². The van der Waals surface area contributed by atoms with Gasteiger partial charge in [-0.2, -0.15) is 0 Å². The van der Waals surface area contributed by atoms with E-state index < -0.39 is 0 Å². The van der Waals surface area contributed by atoms with Crippen molar-refractivity contribution in [2.24, 2.45) is 4.99 Å². The highest BCUT2D eigenvalue weighted by Crippen LogP contribution is 2.10. The third kappa shape index (κ3) is 5.22. The molecule has 1 aliphatic heterocycles. The van der Waals surface area contributed by atoms with Gasteiger partial charge in [-0.05, 0) is 18.6 Å². The minimum atomic E-state index is -0.180. The normalized spacial score (nSPS) is 17.5. The first kappa shape index (κ1) is 17.7. The molecule has 3 N–H and O–H groups in total. The minimum Gasteiger partial charge on any atom is -0.352 e. The molecular formula is C16H24N6O2. The maximum Gasteiger partial charge on any atom is 0.243 e. The number of hydrogen-bond donors (Lipinski definition) is 3. The van der Waals surface area contributed by atoms with Crippen molar-refractivity contribution in [2.45, 2.75) is 25.8 Å². The van der Waals surface area contributed by atoms with Crippen LogP contribution in [0.2, 0.25) is 0 Å². The molecule has 1 fully saturated rings. The lowest BCUT2D eigenvalue weighted by atomic mass is 10.3. The van der Waals surface area contributed by atoms with Gasteiger partial charge in [-0.15, -0.1) is 0 Å². The molecule has 24 heavy (non-hydrogen) atoms. The number of aliphatic imine (C=N–C) groups is 1. The summed E-state index contributed by atoms with van der Waals surface area (Å²) in [5, 5.41) is 8.97. The van der Waals surface area contributed by atoms with E-state index >= 15 is 0 Å². The second-order valence-electron chi connectivity index (χ2n) is 5.54. The van der Waals surface area contributed by atoms with Gasteiger partial charge in [0, 0.05) is 38.8 Å². The minimum absolute atomic E-state index is 0.0961. The molecular weight excluding hydrogens is 308 g/mol. The van der Waals surface area contributed by atoms with Crippen molar-refractivity contribution >= 4 is 23.5 Å². The fourth-order valence-electron chi connectivity index (χ4n) is 2.52. The average molecular weight is 332 g/mol. The maximum absolute atomic E-state index is 11.9. The monoisotopic (exact) mass is 332 g/mol. The number of nitrogens with one attached hydrogen (secondary N) is 3. The summed E-state index contributed by atoms with van der Waals surface area (Å²) in [7, 11) is 1.65. The van der Waals surface area contributed by atoms with Gasteiger partial charge in [0.15, 0.2) is 5.96 Å². The number of anilines is 1. The van der Waals surface area contributed by atoms with Crippen LogP contribution in [0.3, 0.4) is 0 Å². The quantitative estimate of drug-likeness (QED) is 0.528. The van der Waals surface area contributed by atoms with Crippen LogP contribution in [-0.2, 0) is 9.59 Å². The van der Waals surface area contributed by atoms with E-state index in [4.69, 9.17) is 0 Å². The van der Waals surface area contributed by atoms with E-state index in [2.05, 4.69) is 25.9 Å². The summed E-state index contributed by atoms with van der Waals surface area (Å²) in [5.41, 5.74) is 0.650. The van der Waals surface area contributed by atoms with Crippen LogP contribution in [0.5, 0.6) is 0 Å². The lowest BCUT2D eigenvalue weighted by Gasteiger charge is -2.18. The maximum atomic E-state index is 11.9. The van der Waals surface area contributed by atoms with Gasteiger partial charge in [0.2, 0.25) is 11.8 Å². The summed E-state index contributed by atoms with van der Waals surface area (Å²) in [6.45, 7) is 3.38. The van der Waals surface area contributed by atoms with Gasteiger partial charge in [-0.25, -0.2) is 0 Å². The second kappa shape index (κ2) is 8.85. The predicted molar refractivity (Wildman–Crippen MR) is 92.6 cm³/mol. The van der Waals surface area contributed by atoms with E-state index in [1.807, 2.05) is 11.8 Å². The molecule has 0 bridgehead atoms. The van der Waals surface area contributed by atoms with Crippen molar-refractivity contribution in [3.63, 3.8) is 0 Å². The first-order chi connectivity index (χ1) is 11.6. The molecule has 2 amide bonds. The number of likely N-dealkylation sites (tertiary alicyclic amines) is 1. The number of pyridine rings is 1. The van der Waals surface area contributed by atoms with Crippen LogP contribution in [0, 0.1) is 0 Å². The van der Waals surface area contributed by atoms with Crippen LogP contribution in [0.4, 0.5) is 5.69 Å². The lowest BCUT2D eigenvalue weighted by Crippen LogP contribution is -2.47. The Bertz CT molecular complexity index is 589. The van der Waals surface area contributed by atoms with Crippen molar-refractivity contribution in [1.29, 1.82) is 0 Å². The van der Waals surface area contributed by atoms with Gasteiger partial charge in [0.1, 0.15) is 0 Å². The van der Waals surface area contributed by atoms with Gasteiger partial charge in [0.05, 0.1) is 18.4 Å². The molecule has 2 heterocycles. The fraction of sp³-hybridized carbons (Fsp3) is 0.500. The molecule has 0 saturated carbocycles. The van der Waals surface area contributed by atoms with E-state index in [-0.39, 0.29) is 24.4 Å². The Morgan fingerprint density at radius 3 is 2.96 bits per heavy atom. The Kier molecular flexibility index (Phi) is 6.53. The lowest BCUT2D eigenvalue weighted by molar-refractivity contribution is -0.129. The van der Waals surface area contributed by atoms with Crippen LogP contribution in [0.1, 0.15) is 19.8 Å². The van der Waals surface area contributed by atoms with E-state index in [1.165, 1.54) is 0 Å². The molecule has 1 atom stereocenters. The number of nitrogens with zero attached hydrogens (tertiary/aromatic N) is 3. The molecule has 130 valence electrons. The second-order valence-corrected chi connectivity index (χ2v) is 5.54. The Balaban J connectivity index is 1.75. The van der Waals surface area contributed by atoms with Crippen molar-refractivity contribution in [3.05, 3.63) is 24.5 Å². The molecule has 8 nitrogen and oxygen atoms in total. The molecule has 0 aliphatic carbocycles. The molecule has 0 radical (unpaired) electrons. The van der Waals surface area contributed by atoms with Crippen LogP contribution in [0.25, 0.3) is 0 Å². The van der Waals surface area contributed by atoms with Crippen molar-refractivity contribution in [3.8, 4) is 0 Å². The Morgan fingerprint density at radius 1 is 1.46 bits per heavy atom. The highest BCUT2D eigenvalue weighted by atomic mass is 16.2. The van der Waals surface area contributed by atoms with Gasteiger partial charge in [-0.3, -0.25) is 19.6 Å². The number of carbonyl (C=O) groups excluding carboxylic acids is 2. The molecule has 0 aromatic carbocycles. The fourth-order valence-corrected chi connectivity index (χ4v) is 2.52. The first-order valence-corrected chi connectivity index (χ1v) is 8.07. The van der Waals surface area contributed by atoms with Crippen LogP contribution in [-0.4, -0.2) is 60.4 Å². The predicted octanol–water partition coefficient (Wildman–Crippen LogP) is 0.196. The zero-order valence-corrected chi connectivity index (χ0v) is 14.1. The number of guanidine groups is 1. The highest BCUT2D eigenvalue weighted by molar-refractivity contribution is 5.94. The van der Waals surface area contributed by atoms with Crippen molar-refractivity contribution < 1.29 is 9.59 Å². The average Bonchev–Trinajstić information content (AvgIpc) is 3.07. The zero-order chi connectivity index (χ0) is 17.4.